The molecule has 118 heavy (non-hydrogen) atoms. The van der Waals surface area contributed by atoms with E-state index < -0.39 is 0 Å². The van der Waals surface area contributed by atoms with Gasteiger partial charge in [0, 0.05) is 21.7 Å². The Morgan fingerprint density at radius 2 is 0.339 bits per heavy atom. The van der Waals surface area contributed by atoms with Crippen LogP contribution < -0.4 is 0 Å². The van der Waals surface area contributed by atoms with Crippen LogP contribution in [0.1, 0.15) is 303 Å². The third kappa shape index (κ3) is 16.4. The number of rotatable bonds is 34. The summed E-state index contributed by atoms with van der Waals surface area (Å²) < 4.78 is 0. The molecule has 0 fully saturated rings. The molecule has 0 aliphatic heterocycles. The van der Waals surface area contributed by atoms with Gasteiger partial charge in [0.1, 0.15) is 0 Å². The fourth-order valence-electron chi connectivity index (χ4n) is 21.8. The van der Waals surface area contributed by atoms with Crippen LogP contribution in [0.5, 0.6) is 0 Å². The molecule has 11 aromatic carbocycles. The average Bonchev–Trinajstić information content (AvgIpc) is 1.56. The Hall–Kier alpha value is -9.62. The molecule has 0 saturated heterocycles. The molecule has 4 aliphatic rings. The topological polar surface area (TPSA) is 0 Å². The first kappa shape index (κ1) is 83.4. The van der Waals surface area contributed by atoms with Gasteiger partial charge < -0.3 is 0 Å². The van der Waals surface area contributed by atoms with Crippen LogP contribution in [0.4, 0.5) is 0 Å². The van der Waals surface area contributed by atoms with Crippen molar-refractivity contribution in [3.63, 3.8) is 0 Å². The molecule has 0 aromatic heterocycles. The van der Waals surface area contributed by atoms with E-state index in [1.165, 1.54) is 211 Å². The normalized spacial score (nSPS) is 20.1. The molecule has 8 unspecified atom stereocenters. The Morgan fingerprint density at radius 3 is 0.551 bits per heavy atom. The summed E-state index contributed by atoms with van der Waals surface area (Å²) in [5.74, 6) is 4.84. The number of hydrogen-bond donors (Lipinski definition) is 0. The molecule has 11 aromatic rings. The van der Waals surface area contributed by atoms with Crippen molar-refractivity contribution in [2.24, 2.45) is 47.3 Å². The maximum Gasteiger partial charge on any atom is 0.0220 e. The number of hydrogen-bond acceptors (Lipinski definition) is 0. The lowest BCUT2D eigenvalue weighted by Gasteiger charge is -2.37. The minimum atomic E-state index is -0.0871. The van der Waals surface area contributed by atoms with E-state index in [0.29, 0.717) is 47.3 Å². The van der Waals surface area contributed by atoms with Crippen LogP contribution in [0, 0.1) is 47.3 Å². The first-order chi connectivity index (χ1) is 57.2. The average molecular weight is 1550 g/mol. The third-order valence-electron chi connectivity index (χ3n) is 29.8. The molecular formula is C118H134. The zero-order valence-corrected chi connectivity index (χ0v) is 74.5. The van der Waals surface area contributed by atoms with Gasteiger partial charge in [-0.15, -0.1) is 0 Å². The van der Waals surface area contributed by atoms with Gasteiger partial charge in [-0.1, -0.05) is 417 Å². The summed E-state index contributed by atoms with van der Waals surface area (Å²) >= 11 is 0. The lowest BCUT2D eigenvalue weighted by Crippen LogP contribution is -2.30. The van der Waals surface area contributed by atoms with Gasteiger partial charge in [-0.05, 0) is 279 Å². The molecule has 4 aliphatic carbocycles. The molecule has 0 amide bonds. The second-order valence-corrected chi connectivity index (χ2v) is 38.1. The Morgan fingerprint density at radius 1 is 0.178 bits per heavy atom. The first-order valence-electron chi connectivity index (χ1n) is 46.3. The van der Waals surface area contributed by atoms with Gasteiger partial charge >= 0.3 is 0 Å². The van der Waals surface area contributed by atoms with Crippen molar-refractivity contribution in [3.8, 4) is 66.8 Å². The second-order valence-electron chi connectivity index (χ2n) is 38.1. The van der Waals surface area contributed by atoms with E-state index in [4.69, 9.17) is 0 Å². The van der Waals surface area contributed by atoms with Gasteiger partial charge in [-0.2, -0.15) is 0 Å². The Kier molecular flexibility index (Phi) is 25.3. The molecule has 15 rings (SSSR count). The molecule has 8 atom stereocenters. The molecular weight excluding hydrogens is 1420 g/mol. The summed E-state index contributed by atoms with van der Waals surface area (Å²) in [6, 6.07) is 90.8. The monoisotopic (exact) mass is 1550 g/mol. The van der Waals surface area contributed by atoms with E-state index in [1.54, 1.807) is 22.3 Å². The lowest BCUT2D eigenvalue weighted by atomic mass is 9.66. The SMILES string of the molecule is CCC(C)CC1(CC(C)CC)c2ccccc2-c2ccc(-c3ccc4c(c3)C(CC(C)CC)(CC(C)CC)c3cc(/C=C/c5ccc(/C=C/c6ccc(/C=C/c7ccc(/C=C/c8ccc9c(c8)C(CC(C)CC)(CC(C)CC)c8cc(-c%10ccc%11c(c%10)C(CC(C)CC)(CC(C)CC)c%10ccccc%10-%11)ccc8-9)cc7)cc6)cc5)ccc3-4)cc21. The van der Waals surface area contributed by atoms with Crippen molar-refractivity contribution in [2.45, 2.75) is 235 Å². The van der Waals surface area contributed by atoms with E-state index >= 15 is 0 Å². The largest absolute Gasteiger partial charge is 0.0651 e. The Balaban J connectivity index is 0.617. The van der Waals surface area contributed by atoms with Crippen molar-refractivity contribution >= 4 is 48.6 Å². The quantitative estimate of drug-likeness (QED) is 0.0353. The third-order valence-corrected chi connectivity index (χ3v) is 29.8. The van der Waals surface area contributed by atoms with Crippen LogP contribution >= 0.6 is 0 Å². The first-order valence-corrected chi connectivity index (χ1v) is 46.3. The van der Waals surface area contributed by atoms with Crippen LogP contribution in [-0.4, -0.2) is 0 Å². The van der Waals surface area contributed by atoms with Crippen LogP contribution in [-0.2, 0) is 21.7 Å². The fraction of sp³-hybridized carbons (Fsp3) is 0.373. The van der Waals surface area contributed by atoms with Crippen LogP contribution in [0.2, 0.25) is 0 Å². The number of benzene rings is 11. The van der Waals surface area contributed by atoms with Crippen molar-refractivity contribution in [2.75, 3.05) is 0 Å². The Bertz CT molecular complexity index is 5090. The zero-order chi connectivity index (χ0) is 82.6. The molecule has 0 bridgehead atoms. The minimum Gasteiger partial charge on any atom is -0.0651 e. The second kappa shape index (κ2) is 35.7. The van der Waals surface area contributed by atoms with Crippen LogP contribution in [0.15, 0.2) is 231 Å². The van der Waals surface area contributed by atoms with Crippen LogP contribution in [0.3, 0.4) is 0 Å². The highest BCUT2D eigenvalue weighted by molar-refractivity contribution is 5.91. The number of fused-ring (bicyclic) bond motifs is 12. The standard InChI is InChI=1S/C118H134/c1-17-79(9)71-115(72-80(10)18-2)107-31-27-25-29-99(107)103-61-55-95(67-111(103)115)97-57-63-105-101-59-53-93(65-109(101)117(113(105)69-97,75-83(13)21-5)76-84(14)22-6)51-49-91-45-41-89(42-46-91)39-37-87-33-35-88(36-34-87)38-40-90-43-47-92(48-44-90)50-52-94-54-60-102-106-64-58-98(70-114(106)118(110(102)66-94,77-85(15)23-7)78-86(16)24-8)96-56-62-104-100-30-26-28-32-108(100)116(112(104)68-96,73-81(11)19-3)74-82(12)20-4/h25-70,79-86H,17-24,71-78H2,1-16H3/b39-37+,40-38+,51-49+,52-50+. The van der Waals surface area contributed by atoms with Gasteiger partial charge in [0.15, 0.2) is 0 Å². The van der Waals surface area contributed by atoms with E-state index in [1.807, 2.05) is 0 Å². The van der Waals surface area contributed by atoms with Gasteiger partial charge in [-0.3, -0.25) is 0 Å². The smallest absolute Gasteiger partial charge is 0.0220 e. The van der Waals surface area contributed by atoms with E-state index in [9.17, 15) is 0 Å². The molecule has 0 radical (unpaired) electrons. The molecule has 0 heterocycles. The van der Waals surface area contributed by atoms with Crippen molar-refractivity contribution in [1.29, 1.82) is 0 Å². The highest BCUT2D eigenvalue weighted by Crippen LogP contribution is 2.62. The van der Waals surface area contributed by atoms with Gasteiger partial charge in [-0.25, -0.2) is 0 Å². The van der Waals surface area contributed by atoms with E-state index in [-0.39, 0.29) is 21.7 Å². The molecule has 606 valence electrons. The van der Waals surface area contributed by atoms with Crippen molar-refractivity contribution in [1.82, 2.24) is 0 Å². The molecule has 0 spiro atoms. The summed E-state index contributed by atoms with van der Waals surface area (Å²) in [7, 11) is 0. The summed E-state index contributed by atoms with van der Waals surface area (Å²) in [6.45, 7) is 39.0. The predicted molar refractivity (Wildman–Crippen MR) is 516 cm³/mol. The maximum atomic E-state index is 2.65. The molecule has 0 heteroatoms. The van der Waals surface area contributed by atoms with Crippen molar-refractivity contribution in [3.05, 3.63) is 320 Å². The zero-order valence-electron chi connectivity index (χ0n) is 74.5. The van der Waals surface area contributed by atoms with Gasteiger partial charge in [0.05, 0.1) is 0 Å². The fourth-order valence-corrected chi connectivity index (χ4v) is 21.8. The summed E-state index contributed by atoms with van der Waals surface area (Å²) in [5, 5.41) is 0. The Labute approximate surface area is 712 Å². The minimum absolute atomic E-state index is 0.00647. The molecule has 0 saturated carbocycles. The summed E-state index contributed by atoms with van der Waals surface area (Å²) in [4.78, 5) is 0. The maximum absolute atomic E-state index is 2.65. The highest BCUT2D eigenvalue weighted by atomic mass is 14.5. The van der Waals surface area contributed by atoms with E-state index in [2.05, 4.69) is 390 Å². The van der Waals surface area contributed by atoms with E-state index in [0.717, 1.165) is 25.7 Å². The summed E-state index contributed by atoms with van der Waals surface area (Å²) in [6.07, 6.45) is 37.0. The van der Waals surface area contributed by atoms with Gasteiger partial charge in [0.2, 0.25) is 0 Å². The van der Waals surface area contributed by atoms with Crippen molar-refractivity contribution < 1.29 is 0 Å². The molecule has 0 nitrogen and oxygen atoms in total. The van der Waals surface area contributed by atoms with Crippen LogP contribution in [0.25, 0.3) is 115 Å². The highest BCUT2D eigenvalue weighted by Gasteiger charge is 2.49. The van der Waals surface area contributed by atoms with Gasteiger partial charge in [0.25, 0.3) is 0 Å². The summed E-state index contributed by atoms with van der Waals surface area (Å²) in [5.41, 5.74) is 38.7. The molecule has 0 N–H and O–H groups in total. The lowest BCUT2D eigenvalue weighted by molar-refractivity contribution is 0.308. The predicted octanol–water partition coefficient (Wildman–Crippen LogP) is 34.3.